The molecule has 0 fully saturated rings. The summed E-state index contributed by atoms with van der Waals surface area (Å²) in [6.45, 7) is 3.69. The maximum Gasteiger partial charge on any atom is 0.377 e. The lowest BCUT2D eigenvalue weighted by molar-refractivity contribution is 0.0586. The number of ether oxygens (including phenoxy) is 1. The lowest BCUT2D eigenvalue weighted by atomic mass is 10.1. The summed E-state index contributed by atoms with van der Waals surface area (Å²) in [5.41, 5.74) is 5.96. The van der Waals surface area contributed by atoms with Crippen LogP contribution >= 0.6 is 0 Å². The molecule has 2 unspecified atom stereocenters. The molecule has 0 aliphatic rings. The number of carbonyl (C=O) groups excluding carboxylic acids is 1. The molecule has 2 aromatic heterocycles. The van der Waals surface area contributed by atoms with Gasteiger partial charge in [-0.05, 0) is 26.0 Å². The Morgan fingerprint density at radius 1 is 1.53 bits per heavy atom. The molecule has 0 saturated carbocycles. The summed E-state index contributed by atoms with van der Waals surface area (Å²) in [5, 5.41) is 4.08. The van der Waals surface area contributed by atoms with Crippen LogP contribution in [0.2, 0.25) is 0 Å². The van der Waals surface area contributed by atoms with Crippen LogP contribution in [-0.2, 0) is 4.74 Å². The number of rotatable bonds is 4. The first-order valence-corrected chi connectivity index (χ1v) is 5.84. The molecule has 0 aliphatic heterocycles. The zero-order valence-electron chi connectivity index (χ0n) is 11.0. The molecule has 0 saturated heterocycles. The van der Waals surface area contributed by atoms with Gasteiger partial charge in [-0.2, -0.15) is 0 Å². The Bertz CT molecular complexity index is 573. The Labute approximate surface area is 110 Å². The summed E-state index contributed by atoms with van der Waals surface area (Å²) in [7, 11) is 1.28. The molecule has 102 valence electrons. The molecule has 0 radical (unpaired) electrons. The van der Waals surface area contributed by atoms with Crippen LogP contribution in [0.25, 0.3) is 0 Å². The lowest BCUT2D eigenvalue weighted by Crippen LogP contribution is -2.30. The average Bonchev–Trinajstić information content (AvgIpc) is 2.98. The van der Waals surface area contributed by atoms with Crippen LogP contribution < -0.4 is 5.73 Å². The van der Waals surface area contributed by atoms with Crippen LogP contribution in [0, 0.1) is 6.92 Å². The van der Waals surface area contributed by atoms with Gasteiger partial charge in [0.15, 0.2) is 0 Å². The Morgan fingerprint density at radius 2 is 2.26 bits per heavy atom. The van der Waals surface area contributed by atoms with Gasteiger partial charge in [0.2, 0.25) is 0 Å². The molecule has 0 aliphatic carbocycles. The van der Waals surface area contributed by atoms with Crippen molar-refractivity contribution < 1.29 is 13.9 Å². The highest BCUT2D eigenvalue weighted by Crippen LogP contribution is 2.22. The molecule has 0 spiro atoms. The summed E-state index contributed by atoms with van der Waals surface area (Å²) in [6, 6.07) is 3.11. The molecule has 0 amide bonds. The number of methoxy groups -OCH3 is 1. The van der Waals surface area contributed by atoms with Gasteiger partial charge in [0.05, 0.1) is 7.11 Å². The summed E-state index contributed by atoms with van der Waals surface area (Å²) in [4.78, 5) is 15.2. The van der Waals surface area contributed by atoms with Crippen molar-refractivity contribution in [3.8, 4) is 0 Å². The van der Waals surface area contributed by atoms with E-state index in [2.05, 4.69) is 14.8 Å². The zero-order chi connectivity index (χ0) is 14.0. The van der Waals surface area contributed by atoms with E-state index in [1.807, 2.05) is 26.0 Å². The standard InChI is InChI=1S/C12H16N4O3/c1-7-4-5-9(19-7)10(8(2)13)16-6-14-11(15-16)12(17)18-3/h4-6,8,10H,13H2,1-3H3. The smallest absolute Gasteiger partial charge is 0.377 e. The van der Waals surface area contributed by atoms with Gasteiger partial charge in [-0.25, -0.2) is 14.5 Å². The third-order valence-electron chi connectivity index (χ3n) is 2.71. The minimum atomic E-state index is -0.585. The Morgan fingerprint density at radius 3 is 2.79 bits per heavy atom. The van der Waals surface area contributed by atoms with Crippen LogP contribution in [0.3, 0.4) is 0 Å². The molecule has 2 aromatic rings. The van der Waals surface area contributed by atoms with Crippen molar-refractivity contribution in [1.82, 2.24) is 14.8 Å². The summed E-state index contributed by atoms with van der Waals surface area (Å²) in [6.07, 6.45) is 1.44. The van der Waals surface area contributed by atoms with Gasteiger partial charge in [0.25, 0.3) is 5.82 Å². The van der Waals surface area contributed by atoms with Crippen LogP contribution in [0.5, 0.6) is 0 Å². The average molecular weight is 264 g/mol. The van der Waals surface area contributed by atoms with E-state index in [0.29, 0.717) is 5.76 Å². The molecular formula is C12H16N4O3. The Hall–Kier alpha value is -2.15. The molecular weight excluding hydrogens is 248 g/mol. The van der Waals surface area contributed by atoms with E-state index in [1.165, 1.54) is 18.1 Å². The minimum absolute atomic E-state index is 0.00331. The van der Waals surface area contributed by atoms with Crippen molar-refractivity contribution in [2.45, 2.75) is 25.9 Å². The van der Waals surface area contributed by atoms with Gasteiger partial charge in [-0.15, -0.1) is 5.10 Å². The number of nitrogens with zero attached hydrogens (tertiary/aromatic N) is 3. The first-order chi connectivity index (χ1) is 9.02. The molecule has 0 bridgehead atoms. The van der Waals surface area contributed by atoms with Crippen molar-refractivity contribution in [2.75, 3.05) is 7.11 Å². The van der Waals surface area contributed by atoms with E-state index >= 15 is 0 Å². The monoisotopic (exact) mass is 264 g/mol. The second-order valence-corrected chi connectivity index (χ2v) is 4.29. The number of carbonyl (C=O) groups is 1. The van der Waals surface area contributed by atoms with E-state index in [9.17, 15) is 4.79 Å². The maximum absolute atomic E-state index is 11.3. The van der Waals surface area contributed by atoms with Gasteiger partial charge < -0.3 is 14.9 Å². The van der Waals surface area contributed by atoms with Crippen LogP contribution in [0.1, 0.15) is 35.1 Å². The number of hydrogen-bond acceptors (Lipinski definition) is 6. The van der Waals surface area contributed by atoms with Crippen molar-refractivity contribution in [3.63, 3.8) is 0 Å². The molecule has 2 rings (SSSR count). The van der Waals surface area contributed by atoms with Crippen LogP contribution in [0.15, 0.2) is 22.9 Å². The van der Waals surface area contributed by atoms with Gasteiger partial charge in [-0.1, -0.05) is 0 Å². The Kier molecular flexibility index (Phi) is 3.66. The molecule has 2 N–H and O–H groups in total. The highest BCUT2D eigenvalue weighted by atomic mass is 16.5. The summed E-state index contributed by atoms with van der Waals surface area (Å²) < 4.78 is 11.6. The van der Waals surface area contributed by atoms with Crippen molar-refractivity contribution >= 4 is 5.97 Å². The van der Waals surface area contributed by atoms with E-state index in [1.54, 1.807) is 0 Å². The molecule has 2 atom stereocenters. The predicted octanol–water partition coefficient (Wildman–Crippen LogP) is 0.903. The van der Waals surface area contributed by atoms with E-state index in [4.69, 9.17) is 10.2 Å². The van der Waals surface area contributed by atoms with Gasteiger partial charge >= 0.3 is 5.97 Å². The van der Waals surface area contributed by atoms with Crippen molar-refractivity contribution in [2.24, 2.45) is 5.73 Å². The second-order valence-electron chi connectivity index (χ2n) is 4.29. The number of nitrogens with two attached hydrogens (primary N) is 1. The predicted molar refractivity (Wildman–Crippen MR) is 66.6 cm³/mol. The highest BCUT2D eigenvalue weighted by Gasteiger charge is 2.24. The third kappa shape index (κ3) is 2.65. The number of furan rings is 1. The Balaban J connectivity index is 2.35. The fraction of sp³-hybridized carbons (Fsp3) is 0.417. The van der Waals surface area contributed by atoms with Crippen LogP contribution in [0.4, 0.5) is 0 Å². The van der Waals surface area contributed by atoms with E-state index in [0.717, 1.165) is 5.76 Å². The van der Waals surface area contributed by atoms with E-state index in [-0.39, 0.29) is 17.9 Å². The maximum atomic E-state index is 11.3. The van der Waals surface area contributed by atoms with Crippen molar-refractivity contribution in [1.29, 1.82) is 0 Å². The normalized spacial score (nSPS) is 14.1. The second kappa shape index (κ2) is 5.23. The lowest BCUT2D eigenvalue weighted by Gasteiger charge is -2.18. The van der Waals surface area contributed by atoms with Gasteiger partial charge in [0, 0.05) is 6.04 Å². The molecule has 0 aromatic carbocycles. The fourth-order valence-corrected chi connectivity index (χ4v) is 1.84. The highest BCUT2D eigenvalue weighted by molar-refractivity contribution is 5.84. The third-order valence-corrected chi connectivity index (χ3v) is 2.71. The first kappa shape index (κ1) is 13.3. The largest absolute Gasteiger partial charge is 0.464 e. The molecule has 2 heterocycles. The molecule has 7 nitrogen and oxygen atoms in total. The number of aromatic nitrogens is 3. The SMILES string of the molecule is COC(=O)c1ncn(C(c2ccc(C)o2)C(C)N)n1. The molecule has 19 heavy (non-hydrogen) atoms. The first-order valence-electron chi connectivity index (χ1n) is 5.84. The van der Waals surface area contributed by atoms with Crippen LogP contribution in [-0.4, -0.2) is 33.9 Å². The minimum Gasteiger partial charge on any atom is -0.464 e. The zero-order valence-corrected chi connectivity index (χ0v) is 11.0. The fourth-order valence-electron chi connectivity index (χ4n) is 1.84. The number of hydrogen-bond donors (Lipinski definition) is 1. The van der Waals surface area contributed by atoms with E-state index < -0.39 is 5.97 Å². The molecule has 7 heteroatoms. The quantitative estimate of drug-likeness (QED) is 0.824. The van der Waals surface area contributed by atoms with Gasteiger partial charge in [0.1, 0.15) is 23.9 Å². The summed E-state index contributed by atoms with van der Waals surface area (Å²) in [5.74, 6) is 0.872. The summed E-state index contributed by atoms with van der Waals surface area (Å²) >= 11 is 0. The topological polar surface area (TPSA) is 96.2 Å². The van der Waals surface area contributed by atoms with Crippen molar-refractivity contribution in [3.05, 3.63) is 35.8 Å². The van der Waals surface area contributed by atoms with Gasteiger partial charge in [-0.3, -0.25) is 0 Å². The number of aryl methyl sites for hydroxylation is 1. The number of esters is 1.